The molecule has 1 aliphatic rings. The van der Waals surface area contributed by atoms with Gasteiger partial charge in [0.15, 0.2) is 5.82 Å². The zero-order valence-electron chi connectivity index (χ0n) is 21.3. The molecule has 1 N–H and O–H groups in total. The molecular weight excluding hydrogens is 485 g/mol. The summed E-state index contributed by atoms with van der Waals surface area (Å²) in [4.78, 5) is 16.3. The van der Waals surface area contributed by atoms with Crippen LogP contribution in [0.5, 0.6) is 0 Å². The van der Waals surface area contributed by atoms with Crippen molar-refractivity contribution in [1.29, 1.82) is 0 Å². The molecule has 1 amide bonds. The highest BCUT2D eigenvalue weighted by Gasteiger charge is 2.31. The number of anilines is 1. The van der Waals surface area contributed by atoms with E-state index in [0.29, 0.717) is 49.6 Å². The Balaban J connectivity index is 1.45. The minimum Gasteiger partial charge on any atom is -0.444 e. The lowest BCUT2D eigenvalue weighted by atomic mass is 10.0. The van der Waals surface area contributed by atoms with Crippen LogP contribution in [0.15, 0.2) is 42.5 Å². The first kappa shape index (κ1) is 26.6. The van der Waals surface area contributed by atoms with E-state index in [0.717, 1.165) is 23.1 Å². The van der Waals surface area contributed by atoms with Crippen LogP contribution in [0.2, 0.25) is 0 Å². The lowest BCUT2D eigenvalue weighted by Crippen LogP contribution is -2.49. The summed E-state index contributed by atoms with van der Waals surface area (Å²) in [6.07, 6.45) is -4.71. The summed E-state index contributed by atoms with van der Waals surface area (Å²) in [5.41, 5.74) is 0.926. The first-order valence-electron chi connectivity index (χ1n) is 12.1. The summed E-state index contributed by atoms with van der Waals surface area (Å²) >= 11 is 0. The van der Waals surface area contributed by atoms with Gasteiger partial charge in [-0.2, -0.15) is 13.2 Å². The number of fused-ring (bicyclic) bond motifs is 1. The molecule has 1 atom stereocenters. The summed E-state index contributed by atoms with van der Waals surface area (Å²) in [6.45, 7) is 10.6. The van der Waals surface area contributed by atoms with Crippen LogP contribution in [0, 0.1) is 0 Å². The maximum Gasteiger partial charge on any atom is 0.416 e. The van der Waals surface area contributed by atoms with Gasteiger partial charge in [0.1, 0.15) is 5.60 Å². The molecule has 0 saturated carbocycles. The standard InChI is InChI=1S/C26H31F3N6O2/c1-17(19-6-5-7-20(15-19)26(27,28)29)30-23-21-14-18(8-9-22(21)31-33-32-23)16-34-10-12-35(13-11-34)24(36)37-25(2,3)4/h5-9,14-15,17H,10-13,16H2,1-4H3,(H,30,31,32)/t17-/m1/s1. The topological polar surface area (TPSA) is 83.5 Å². The van der Waals surface area contributed by atoms with Crippen molar-refractivity contribution in [3.05, 3.63) is 59.2 Å². The van der Waals surface area contributed by atoms with E-state index < -0.39 is 23.4 Å². The molecule has 0 unspecified atom stereocenters. The molecule has 11 heteroatoms. The molecule has 8 nitrogen and oxygen atoms in total. The number of aromatic nitrogens is 3. The Morgan fingerprint density at radius 2 is 1.78 bits per heavy atom. The van der Waals surface area contributed by atoms with Crippen LogP contribution >= 0.6 is 0 Å². The average Bonchev–Trinajstić information content (AvgIpc) is 2.83. The van der Waals surface area contributed by atoms with E-state index in [4.69, 9.17) is 4.74 Å². The second-order valence-electron chi connectivity index (χ2n) is 10.2. The molecule has 3 aromatic rings. The third kappa shape index (κ3) is 6.85. The molecule has 2 heterocycles. The summed E-state index contributed by atoms with van der Waals surface area (Å²) in [5, 5.41) is 16.0. The van der Waals surface area contributed by atoms with Crippen molar-refractivity contribution in [2.24, 2.45) is 0 Å². The zero-order valence-corrected chi connectivity index (χ0v) is 21.3. The molecule has 37 heavy (non-hydrogen) atoms. The van der Waals surface area contributed by atoms with Crippen molar-refractivity contribution in [3.8, 4) is 0 Å². The Kier molecular flexibility index (Phi) is 7.54. The number of alkyl halides is 3. The van der Waals surface area contributed by atoms with Gasteiger partial charge in [-0.05, 0) is 68.3 Å². The molecule has 4 rings (SSSR count). The van der Waals surface area contributed by atoms with Crippen molar-refractivity contribution >= 4 is 22.8 Å². The lowest BCUT2D eigenvalue weighted by molar-refractivity contribution is -0.137. The van der Waals surface area contributed by atoms with Gasteiger partial charge in [-0.1, -0.05) is 18.2 Å². The number of piperazine rings is 1. The average molecular weight is 517 g/mol. The van der Waals surface area contributed by atoms with Gasteiger partial charge in [0.25, 0.3) is 0 Å². The Bertz CT molecular complexity index is 1250. The maximum absolute atomic E-state index is 13.1. The van der Waals surface area contributed by atoms with Gasteiger partial charge in [0.2, 0.25) is 0 Å². The number of nitrogens with one attached hydrogen (secondary N) is 1. The molecule has 0 radical (unpaired) electrons. The van der Waals surface area contributed by atoms with Crippen molar-refractivity contribution in [3.63, 3.8) is 0 Å². The number of hydrogen-bond acceptors (Lipinski definition) is 7. The molecule has 0 bridgehead atoms. The maximum atomic E-state index is 13.1. The monoisotopic (exact) mass is 516 g/mol. The van der Waals surface area contributed by atoms with Crippen molar-refractivity contribution < 1.29 is 22.7 Å². The molecule has 1 aromatic heterocycles. The molecule has 0 aliphatic carbocycles. The smallest absolute Gasteiger partial charge is 0.416 e. The number of amides is 1. The highest BCUT2D eigenvalue weighted by molar-refractivity contribution is 5.89. The Labute approximate surface area is 213 Å². The number of carbonyl (C=O) groups excluding carboxylic acids is 1. The molecular formula is C26H31F3N6O2. The fourth-order valence-corrected chi connectivity index (χ4v) is 4.18. The fourth-order valence-electron chi connectivity index (χ4n) is 4.18. The van der Waals surface area contributed by atoms with Gasteiger partial charge in [-0.15, -0.1) is 10.2 Å². The van der Waals surface area contributed by atoms with Crippen LogP contribution in [0.1, 0.15) is 50.4 Å². The number of halogens is 3. The Morgan fingerprint density at radius 1 is 1.05 bits per heavy atom. The number of nitrogens with zero attached hydrogens (tertiary/aromatic N) is 5. The summed E-state index contributed by atoms with van der Waals surface area (Å²) in [6, 6.07) is 10.6. The Hall–Kier alpha value is -3.47. The third-order valence-corrected chi connectivity index (χ3v) is 6.11. The SMILES string of the molecule is C[C@@H](Nc1nnnc2ccc(CN3CCN(C(=O)OC(C)(C)C)CC3)cc12)c1cccc(C(F)(F)F)c1. The zero-order chi connectivity index (χ0) is 26.8. The molecule has 1 aliphatic heterocycles. The minimum absolute atomic E-state index is 0.298. The van der Waals surface area contributed by atoms with Crippen LogP contribution in [-0.4, -0.2) is 63.1 Å². The number of hydrogen-bond donors (Lipinski definition) is 1. The third-order valence-electron chi connectivity index (χ3n) is 6.11. The first-order valence-corrected chi connectivity index (χ1v) is 12.1. The van der Waals surface area contributed by atoms with Crippen LogP contribution < -0.4 is 5.32 Å². The van der Waals surface area contributed by atoms with E-state index in [-0.39, 0.29) is 6.09 Å². The van der Waals surface area contributed by atoms with Gasteiger partial charge < -0.3 is 15.0 Å². The second-order valence-corrected chi connectivity index (χ2v) is 10.2. The summed E-state index contributed by atoms with van der Waals surface area (Å²) < 4.78 is 44.9. The quantitative estimate of drug-likeness (QED) is 0.495. The number of carbonyl (C=O) groups is 1. The molecule has 2 aromatic carbocycles. The van der Waals surface area contributed by atoms with E-state index in [1.807, 2.05) is 39.0 Å². The van der Waals surface area contributed by atoms with Crippen molar-refractivity contribution in [1.82, 2.24) is 25.2 Å². The van der Waals surface area contributed by atoms with Crippen LogP contribution in [0.25, 0.3) is 10.9 Å². The summed E-state index contributed by atoms with van der Waals surface area (Å²) in [7, 11) is 0. The number of benzene rings is 2. The molecule has 0 spiro atoms. The highest BCUT2D eigenvalue weighted by Crippen LogP contribution is 2.32. The minimum atomic E-state index is -4.41. The molecule has 1 saturated heterocycles. The largest absolute Gasteiger partial charge is 0.444 e. The van der Waals surface area contributed by atoms with E-state index in [1.54, 1.807) is 17.9 Å². The van der Waals surface area contributed by atoms with Gasteiger partial charge in [0, 0.05) is 38.1 Å². The second kappa shape index (κ2) is 10.5. The fraction of sp³-hybridized carbons (Fsp3) is 0.462. The van der Waals surface area contributed by atoms with Crippen molar-refractivity contribution in [2.75, 3.05) is 31.5 Å². The summed E-state index contributed by atoms with van der Waals surface area (Å²) in [5.74, 6) is 0.450. The van der Waals surface area contributed by atoms with Crippen LogP contribution in [-0.2, 0) is 17.5 Å². The predicted octanol–water partition coefficient (Wildman–Crippen LogP) is 5.27. The molecule has 1 fully saturated rings. The van der Waals surface area contributed by atoms with E-state index in [2.05, 4.69) is 25.6 Å². The van der Waals surface area contributed by atoms with Gasteiger partial charge in [-0.25, -0.2) is 4.79 Å². The normalized spacial score (nSPS) is 16.0. The molecule has 198 valence electrons. The van der Waals surface area contributed by atoms with Crippen LogP contribution in [0.3, 0.4) is 0 Å². The van der Waals surface area contributed by atoms with E-state index in [9.17, 15) is 18.0 Å². The van der Waals surface area contributed by atoms with E-state index in [1.165, 1.54) is 6.07 Å². The van der Waals surface area contributed by atoms with Gasteiger partial charge in [0.05, 0.1) is 17.1 Å². The van der Waals surface area contributed by atoms with Crippen molar-refractivity contribution in [2.45, 2.75) is 52.1 Å². The Morgan fingerprint density at radius 3 is 2.46 bits per heavy atom. The predicted molar refractivity (Wildman–Crippen MR) is 134 cm³/mol. The van der Waals surface area contributed by atoms with Gasteiger partial charge >= 0.3 is 12.3 Å². The van der Waals surface area contributed by atoms with E-state index >= 15 is 0 Å². The highest BCUT2D eigenvalue weighted by atomic mass is 19.4. The number of ether oxygens (including phenoxy) is 1. The lowest BCUT2D eigenvalue weighted by Gasteiger charge is -2.35. The van der Waals surface area contributed by atoms with Gasteiger partial charge in [-0.3, -0.25) is 4.90 Å². The first-order chi connectivity index (χ1) is 17.4. The van der Waals surface area contributed by atoms with Crippen LogP contribution in [0.4, 0.5) is 23.8 Å². The number of rotatable bonds is 5.